The Balaban J connectivity index is 2.77. The zero-order valence-electron chi connectivity index (χ0n) is 7.38. The molecule has 0 saturated heterocycles. The van der Waals surface area contributed by atoms with E-state index in [-0.39, 0.29) is 0 Å². The molecule has 3 nitrogen and oxygen atoms in total. The van der Waals surface area contributed by atoms with E-state index in [1.807, 2.05) is 0 Å². The fourth-order valence-electron chi connectivity index (χ4n) is 0.950. The number of hydrogen-bond acceptors (Lipinski definition) is 3. The largest absolute Gasteiger partial charge is 0.457 e. The van der Waals surface area contributed by atoms with Gasteiger partial charge in [-0.25, -0.2) is 4.79 Å². The number of carbonyl (C=O) groups excluding carboxylic acids is 1. The summed E-state index contributed by atoms with van der Waals surface area (Å²) in [4.78, 5) is 9.61. The van der Waals surface area contributed by atoms with Gasteiger partial charge in [-0.1, -0.05) is 19.3 Å². The predicted molar refractivity (Wildman–Crippen MR) is 46.0 cm³/mol. The van der Waals surface area contributed by atoms with Gasteiger partial charge in [0.2, 0.25) is 0 Å². The smallest absolute Gasteiger partial charge is 0.417 e. The highest BCUT2D eigenvalue weighted by molar-refractivity contribution is 5.37. The Kier molecular flexibility index (Phi) is 9.93. The van der Waals surface area contributed by atoms with E-state index < -0.39 is 0 Å². The number of rotatable bonds is 9. The highest BCUT2D eigenvalue weighted by Gasteiger charge is 1.90. The van der Waals surface area contributed by atoms with Gasteiger partial charge < -0.3 is 9.47 Å². The van der Waals surface area contributed by atoms with Gasteiger partial charge in [-0.3, -0.25) is 0 Å². The van der Waals surface area contributed by atoms with E-state index in [0.717, 1.165) is 38.7 Å². The van der Waals surface area contributed by atoms with E-state index >= 15 is 0 Å². The summed E-state index contributed by atoms with van der Waals surface area (Å²) in [6.45, 7) is 2.63. The van der Waals surface area contributed by atoms with Crippen LogP contribution in [0.15, 0.2) is 0 Å². The van der Waals surface area contributed by atoms with Crippen LogP contribution in [0.4, 0.5) is 0 Å². The Labute approximate surface area is 74.0 Å². The summed E-state index contributed by atoms with van der Waals surface area (Å²) in [5.74, 6) is 0. The second kappa shape index (κ2) is 10.4. The fraction of sp³-hybridized carbons (Fsp3) is 0.778. The molecule has 0 N–H and O–H groups in total. The first-order valence-corrected chi connectivity index (χ1v) is 4.27. The lowest BCUT2D eigenvalue weighted by atomic mass is 10.1. The van der Waals surface area contributed by atoms with Crippen LogP contribution < -0.4 is 0 Å². The van der Waals surface area contributed by atoms with Crippen LogP contribution in [0.2, 0.25) is 0 Å². The molecule has 0 aliphatic carbocycles. The van der Waals surface area contributed by atoms with Crippen molar-refractivity contribution < 1.29 is 14.3 Å². The first kappa shape index (κ1) is 11.4. The average Bonchev–Trinajstić information content (AvgIpc) is 2.10. The zero-order valence-corrected chi connectivity index (χ0v) is 7.38. The van der Waals surface area contributed by atoms with Crippen molar-refractivity contribution in [2.45, 2.75) is 32.1 Å². The molecule has 0 aromatic carbocycles. The Bertz CT molecular complexity index is 93.8. The second-order valence-corrected chi connectivity index (χ2v) is 2.61. The van der Waals surface area contributed by atoms with Crippen molar-refractivity contribution >= 4 is 6.47 Å². The minimum Gasteiger partial charge on any atom is -0.457 e. The molecule has 0 saturated carbocycles. The number of hydrogen-bond donors (Lipinski definition) is 0. The van der Waals surface area contributed by atoms with Crippen LogP contribution in [0.1, 0.15) is 32.1 Å². The molecule has 12 heavy (non-hydrogen) atoms. The van der Waals surface area contributed by atoms with Gasteiger partial charge in [-0.05, 0) is 12.8 Å². The normalized spacial score (nSPS) is 9.75. The van der Waals surface area contributed by atoms with Crippen molar-refractivity contribution in [3.63, 3.8) is 0 Å². The summed E-state index contributed by atoms with van der Waals surface area (Å²) < 4.78 is 9.08. The Morgan fingerprint density at radius 3 is 2.17 bits per heavy atom. The Morgan fingerprint density at radius 2 is 1.58 bits per heavy atom. The topological polar surface area (TPSA) is 35.5 Å². The van der Waals surface area contributed by atoms with Crippen molar-refractivity contribution in [1.82, 2.24) is 0 Å². The molecule has 0 aromatic heterocycles. The molecule has 0 fully saturated rings. The summed E-state index contributed by atoms with van der Waals surface area (Å²) in [7, 11) is 3.28. The third kappa shape index (κ3) is 9.43. The summed E-state index contributed by atoms with van der Waals surface area (Å²) >= 11 is 0. The van der Waals surface area contributed by atoms with Crippen molar-refractivity contribution in [2.24, 2.45) is 0 Å². The van der Waals surface area contributed by atoms with E-state index in [4.69, 9.17) is 0 Å². The van der Waals surface area contributed by atoms with E-state index in [0.29, 0.717) is 6.61 Å². The number of ether oxygens (including phenoxy) is 2. The SMILES string of the molecule is [CH2]OCCCCCCCO[C]=O. The summed E-state index contributed by atoms with van der Waals surface area (Å²) in [5, 5.41) is 0. The van der Waals surface area contributed by atoms with E-state index in [1.54, 1.807) is 0 Å². The lowest BCUT2D eigenvalue weighted by Gasteiger charge is -1.99. The van der Waals surface area contributed by atoms with Gasteiger partial charge in [0.25, 0.3) is 0 Å². The molecule has 0 bridgehead atoms. The molecular weight excluding hydrogens is 156 g/mol. The quantitative estimate of drug-likeness (QED) is 0.498. The van der Waals surface area contributed by atoms with Crippen LogP contribution in [0.5, 0.6) is 0 Å². The van der Waals surface area contributed by atoms with Gasteiger partial charge in [0.15, 0.2) is 0 Å². The lowest BCUT2D eigenvalue weighted by molar-refractivity contribution is 0.232. The van der Waals surface area contributed by atoms with Crippen LogP contribution in [0.25, 0.3) is 0 Å². The third-order valence-corrected chi connectivity index (χ3v) is 1.59. The predicted octanol–water partition coefficient (Wildman–Crippen LogP) is 1.83. The van der Waals surface area contributed by atoms with E-state index in [2.05, 4.69) is 16.6 Å². The van der Waals surface area contributed by atoms with Gasteiger partial charge >= 0.3 is 6.47 Å². The van der Waals surface area contributed by atoms with Crippen LogP contribution in [-0.4, -0.2) is 19.7 Å². The van der Waals surface area contributed by atoms with Crippen LogP contribution in [0.3, 0.4) is 0 Å². The third-order valence-electron chi connectivity index (χ3n) is 1.59. The van der Waals surface area contributed by atoms with Crippen molar-refractivity contribution in [2.75, 3.05) is 13.2 Å². The van der Waals surface area contributed by atoms with Crippen LogP contribution >= 0.6 is 0 Å². The molecule has 0 aliphatic rings. The second-order valence-electron chi connectivity index (χ2n) is 2.61. The molecule has 70 valence electrons. The summed E-state index contributed by atoms with van der Waals surface area (Å²) in [6.07, 6.45) is 5.40. The summed E-state index contributed by atoms with van der Waals surface area (Å²) in [5.41, 5.74) is 0. The maximum Gasteiger partial charge on any atom is 0.417 e. The maximum atomic E-state index is 9.61. The van der Waals surface area contributed by atoms with E-state index in [9.17, 15) is 4.79 Å². The molecule has 0 aromatic rings. The van der Waals surface area contributed by atoms with Crippen molar-refractivity contribution in [1.29, 1.82) is 0 Å². The molecule has 2 radical (unpaired) electrons. The molecule has 0 aliphatic heterocycles. The molecule has 0 heterocycles. The minimum absolute atomic E-state index is 0.495. The monoisotopic (exact) mass is 172 g/mol. The van der Waals surface area contributed by atoms with E-state index in [1.165, 1.54) is 6.47 Å². The molecule has 0 amide bonds. The molecule has 0 unspecified atom stereocenters. The van der Waals surface area contributed by atoms with Crippen LogP contribution in [0, 0.1) is 7.11 Å². The first-order chi connectivity index (χ1) is 5.91. The van der Waals surface area contributed by atoms with Gasteiger partial charge in [0.1, 0.15) is 0 Å². The van der Waals surface area contributed by atoms with Crippen LogP contribution in [-0.2, 0) is 14.3 Å². The molecule has 0 atom stereocenters. The molecule has 0 rings (SSSR count). The highest BCUT2D eigenvalue weighted by Crippen LogP contribution is 2.02. The maximum absolute atomic E-state index is 9.61. The molecular formula is C9H16O3. The highest BCUT2D eigenvalue weighted by atomic mass is 16.5. The van der Waals surface area contributed by atoms with Gasteiger partial charge in [-0.2, -0.15) is 0 Å². The zero-order chi connectivity index (χ0) is 9.07. The fourth-order valence-corrected chi connectivity index (χ4v) is 0.950. The van der Waals surface area contributed by atoms with Gasteiger partial charge in [-0.15, -0.1) is 0 Å². The standard InChI is InChI=1S/C9H16O3/c1-11-7-5-3-2-4-6-8-12-9-10/h1-8H2. The Morgan fingerprint density at radius 1 is 1.00 bits per heavy atom. The summed E-state index contributed by atoms with van der Waals surface area (Å²) in [6, 6.07) is 0. The number of unbranched alkanes of at least 4 members (excludes halogenated alkanes) is 4. The Hall–Kier alpha value is -0.570. The molecule has 0 spiro atoms. The van der Waals surface area contributed by atoms with Gasteiger partial charge in [0, 0.05) is 6.61 Å². The van der Waals surface area contributed by atoms with Crippen molar-refractivity contribution in [3.05, 3.63) is 7.11 Å². The molecule has 3 heteroatoms. The minimum atomic E-state index is 0.495. The lowest BCUT2D eigenvalue weighted by Crippen LogP contribution is -1.92. The van der Waals surface area contributed by atoms with Gasteiger partial charge in [0.05, 0.1) is 13.7 Å². The average molecular weight is 172 g/mol. The van der Waals surface area contributed by atoms with Crippen molar-refractivity contribution in [3.8, 4) is 0 Å². The first-order valence-electron chi connectivity index (χ1n) is 4.27.